The van der Waals surface area contributed by atoms with Crippen molar-refractivity contribution >= 4 is 15.4 Å². The minimum Gasteiger partial charge on any atom is -0.359 e. The molecule has 3 atom stereocenters. The van der Waals surface area contributed by atoms with E-state index < -0.39 is 27.9 Å². The molecule has 0 unspecified atom stereocenters. The number of alkyl halides is 1. The number of fused-ring (bicyclic) bond motifs is 2. The van der Waals surface area contributed by atoms with Crippen LogP contribution in [-0.2, 0) is 25.7 Å². The zero-order valence-corrected chi connectivity index (χ0v) is 18.8. The summed E-state index contributed by atoms with van der Waals surface area (Å²) in [7, 11) is -2.25. The van der Waals surface area contributed by atoms with Gasteiger partial charge in [0.05, 0.1) is 16.5 Å². The number of hydrogen-bond donors (Lipinski definition) is 0. The third kappa shape index (κ3) is 3.75. The molecule has 0 amide bonds. The molecule has 0 saturated carbocycles. The summed E-state index contributed by atoms with van der Waals surface area (Å²) in [6.45, 7) is 1.77. The van der Waals surface area contributed by atoms with Gasteiger partial charge in [0.15, 0.2) is 9.84 Å². The van der Waals surface area contributed by atoms with Gasteiger partial charge in [-0.15, -0.1) is 0 Å². The molecule has 2 aromatic carbocycles. The highest BCUT2D eigenvalue weighted by atomic mass is 32.2. The van der Waals surface area contributed by atoms with Crippen molar-refractivity contribution in [1.29, 1.82) is 5.26 Å². The van der Waals surface area contributed by atoms with Gasteiger partial charge in [0.2, 0.25) is 0 Å². The summed E-state index contributed by atoms with van der Waals surface area (Å²) >= 11 is 0. The Morgan fingerprint density at radius 2 is 2.03 bits per heavy atom. The highest BCUT2D eigenvalue weighted by molar-refractivity contribution is 7.90. The van der Waals surface area contributed by atoms with Crippen LogP contribution in [0.5, 0.6) is 0 Å². The van der Waals surface area contributed by atoms with Gasteiger partial charge in [-0.2, -0.15) is 5.26 Å². The molecule has 4 rings (SSSR count). The third-order valence-electron chi connectivity index (χ3n) is 6.11. The van der Waals surface area contributed by atoms with E-state index in [-0.39, 0.29) is 35.2 Å². The molecule has 0 N–H and O–H groups in total. The Hall–Kier alpha value is -2.60. The van der Waals surface area contributed by atoms with Gasteiger partial charge in [-0.25, -0.2) is 17.2 Å². The van der Waals surface area contributed by atoms with Crippen LogP contribution in [0.25, 0.3) is 5.57 Å². The van der Waals surface area contributed by atoms with Crippen molar-refractivity contribution in [3.8, 4) is 6.07 Å². The average Bonchev–Trinajstić information content (AvgIpc) is 3.06. The lowest BCUT2D eigenvalue weighted by atomic mass is 9.78. The molecule has 0 radical (unpaired) electrons. The molecule has 0 fully saturated rings. The second-order valence-corrected chi connectivity index (χ2v) is 10.3. The van der Waals surface area contributed by atoms with Crippen LogP contribution >= 0.6 is 0 Å². The molecule has 168 valence electrons. The maximum atomic E-state index is 15.1. The van der Waals surface area contributed by atoms with E-state index in [0.717, 1.165) is 6.26 Å². The molecule has 2 aliphatic rings. The first-order valence-electron chi connectivity index (χ1n) is 10.2. The van der Waals surface area contributed by atoms with E-state index in [4.69, 9.17) is 9.47 Å². The second-order valence-electron chi connectivity index (χ2n) is 8.27. The summed E-state index contributed by atoms with van der Waals surface area (Å²) < 4.78 is 64.6. The topological polar surface area (TPSA) is 76.4 Å². The van der Waals surface area contributed by atoms with Gasteiger partial charge in [0.1, 0.15) is 24.9 Å². The van der Waals surface area contributed by atoms with Crippen LogP contribution < -0.4 is 0 Å². The molecule has 0 bridgehead atoms. The fourth-order valence-corrected chi connectivity index (χ4v) is 5.69. The lowest BCUT2D eigenvalue weighted by Gasteiger charge is -2.26. The van der Waals surface area contributed by atoms with E-state index in [1.807, 2.05) is 13.0 Å². The number of methoxy groups -OCH3 is 1. The lowest BCUT2D eigenvalue weighted by molar-refractivity contribution is -0.0939. The van der Waals surface area contributed by atoms with Gasteiger partial charge in [0, 0.05) is 30.9 Å². The van der Waals surface area contributed by atoms with Crippen LogP contribution in [0.15, 0.2) is 35.2 Å². The van der Waals surface area contributed by atoms with Crippen molar-refractivity contribution in [3.63, 3.8) is 0 Å². The maximum Gasteiger partial charge on any atom is 0.175 e. The Balaban J connectivity index is 1.97. The van der Waals surface area contributed by atoms with E-state index in [2.05, 4.69) is 6.07 Å². The Bertz CT molecular complexity index is 1260. The van der Waals surface area contributed by atoms with Crippen molar-refractivity contribution in [3.05, 3.63) is 69.5 Å². The average molecular weight is 460 g/mol. The predicted molar refractivity (Wildman–Crippen MR) is 115 cm³/mol. The van der Waals surface area contributed by atoms with Crippen molar-refractivity contribution in [2.45, 2.75) is 42.9 Å². The fraction of sp³-hybridized carbons (Fsp3) is 0.375. The number of nitriles is 1. The summed E-state index contributed by atoms with van der Waals surface area (Å²) in [5.74, 6) is -0.477. The Labute approximate surface area is 186 Å². The van der Waals surface area contributed by atoms with Crippen molar-refractivity contribution in [1.82, 2.24) is 0 Å². The fourth-order valence-electron chi connectivity index (χ4n) is 4.74. The molecule has 0 saturated heterocycles. The molecule has 0 heterocycles. The quantitative estimate of drug-likeness (QED) is 0.611. The largest absolute Gasteiger partial charge is 0.359 e. The predicted octanol–water partition coefficient (Wildman–Crippen LogP) is 4.60. The maximum absolute atomic E-state index is 15.1. The zero-order valence-electron chi connectivity index (χ0n) is 18.0. The molecule has 2 aliphatic carbocycles. The normalized spacial score (nSPS) is 22.1. The number of hydrogen-bond acceptors (Lipinski definition) is 5. The van der Waals surface area contributed by atoms with E-state index in [9.17, 15) is 18.1 Å². The first kappa shape index (κ1) is 22.6. The van der Waals surface area contributed by atoms with E-state index in [0.29, 0.717) is 34.2 Å². The highest BCUT2D eigenvalue weighted by Crippen LogP contribution is 2.47. The highest BCUT2D eigenvalue weighted by Gasteiger charge is 2.40. The monoisotopic (exact) mass is 459 g/mol. The smallest absolute Gasteiger partial charge is 0.175 e. The van der Waals surface area contributed by atoms with Gasteiger partial charge in [-0.1, -0.05) is 19.1 Å². The Morgan fingerprint density at radius 1 is 1.28 bits per heavy atom. The van der Waals surface area contributed by atoms with Gasteiger partial charge in [-0.3, -0.25) is 0 Å². The molecule has 0 spiro atoms. The van der Waals surface area contributed by atoms with Crippen molar-refractivity contribution < 1.29 is 26.7 Å². The molecule has 5 nitrogen and oxygen atoms in total. The number of allylic oxidation sites excluding steroid dienone is 1. The third-order valence-corrected chi connectivity index (χ3v) is 7.27. The Morgan fingerprint density at radius 3 is 2.69 bits per heavy atom. The second kappa shape index (κ2) is 8.39. The lowest BCUT2D eigenvalue weighted by Crippen LogP contribution is -2.16. The van der Waals surface area contributed by atoms with Gasteiger partial charge in [0.25, 0.3) is 0 Å². The molecule has 32 heavy (non-hydrogen) atoms. The molecule has 0 aliphatic heterocycles. The minimum atomic E-state index is -3.65. The van der Waals surface area contributed by atoms with E-state index >= 15 is 4.39 Å². The number of benzene rings is 2. The molecule has 8 heteroatoms. The number of halogens is 2. The molecular formula is C24H23F2NO4S. The van der Waals surface area contributed by atoms with Crippen LogP contribution in [0, 0.1) is 17.1 Å². The van der Waals surface area contributed by atoms with Crippen LogP contribution in [-0.4, -0.2) is 34.7 Å². The first-order valence-corrected chi connectivity index (χ1v) is 12.1. The summed E-state index contributed by atoms with van der Waals surface area (Å²) in [6.07, 6.45) is 1.08. The number of nitrogens with zero attached hydrogens (tertiary/aromatic N) is 1. The molecule has 2 aromatic rings. The van der Waals surface area contributed by atoms with Gasteiger partial charge < -0.3 is 9.47 Å². The van der Waals surface area contributed by atoms with Crippen molar-refractivity contribution in [2.24, 2.45) is 0 Å². The van der Waals surface area contributed by atoms with E-state index in [1.165, 1.54) is 25.3 Å². The van der Waals surface area contributed by atoms with Crippen LogP contribution in [0.3, 0.4) is 0 Å². The van der Waals surface area contributed by atoms with Crippen LogP contribution in [0.2, 0.25) is 0 Å². The van der Waals surface area contributed by atoms with Gasteiger partial charge >= 0.3 is 0 Å². The summed E-state index contributed by atoms with van der Waals surface area (Å²) in [5.41, 5.74) is 3.65. The standard InChI is InChI=1S/C24H23F2NO4S/c1-13-4-5-17(22-14(11-27)8-15(25)9-18(13)22)16-6-7-21(32(3,28)29)23-19(16)10-20(26)24(23)31-12-30-2/h5-9,13,20,24H,4,10,12H2,1-3H3/t13-,20-,24-/m1/s1. The van der Waals surface area contributed by atoms with Crippen LogP contribution in [0.1, 0.15) is 58.7 Å². The van der Waals surface area contributed by atoms with Crippen LogP contribution in [0.4, 0.5) is 8.78 Å². The zero-order chi connectivity index (χ0) is 23.2. The van der Waals surface area contributed by atoms with Gasteiger partial charge in [-0.05, 0) is 52.8 Å². The van der Waals surface area contributed by atoms with E-state index in [1.54, 1.807) is 6.07 Å². The number of ether oxygens (including phenoxy) is 2. The summed E-state index contributed by atoms with van der Waals surface area (Å²) in [6, 6.07) is 7.80. The summed E-state index contributed by atoms with van der Waals surface area (Å²) in [4.78, 5) is 0.0158. The van der Waals surface area contributed by atoms with Crippen molar-refractivity contribution in [2.75, 3.05) is 20.2 Å². The first-order chi connectivity index (χ1) is 15.2. The SMILES string of the molecule is COCO[C@H]1c2c(S(C)(=O)=O)ccc(C3=CC[C@@H](C)c4cc(F)cc(C#N)c43)c2C[C@H]1F. The number of sulfone groups is 1. The Kier molecular flexibility index (Phi) is 5.93. The number of rotatable bonds is 5. The summed E-state index contributed by atoms with van der Waals surface area (Å²) in [5, 5.41) is 9.68. The molecule has 0 aromatic heterocycles. The molecular weight excluding hydrogens is 436 g/mol. The minimum absolute atomic E-state index is 0.00611.